The summed E-state index contributed by atoms with van der Waals surface area (Å²) in [5, 5.41) is 5.02. The van der Waals surface area contributed by atoms with Crippen LogP contribution in [0.1, 0.15) is 5.56 Å². The topological polar surface area (TPSA) is 46.0 Å². The summed E-state index contributed by atoms with van der Waals surface area (Å²) in [6, 6.07) is 13.9. The number of amidine groups is 1. The zero-order chi connectivity index (χ0) is 15.4. The first-order valence-corrected chi connectivity index (χ1v) is 7.68. The Morgan fingerprint density at radius 3 is 2.57 bits per heavy atom. The highest BCUT2D eigenvalue weighted by Crippen LogP contribution is 2.28. The Balaban J connectivity index is 0.00000192. The van der Waals surface area contributed by atoms with Gasteiger partial charge in [0.15, 0.2) is 5.17 Å². The van der Waals surface area contributed by atoms with Gasteiger partial charge in [0.1, 0.15) is 17.3 Å². The van der Waals surface area contributed by atoms with Gasteiger partial charge in [-0.1, -0.05) is 36.0 Å². The zero-order valence-corrected chi connectivity index (χ0v) is 14.0. The minimum absolute atomic E-state index is 0. The average molecular weight is 352 g/mol. The summed E-state index contributed by atoms with van der Waals surface area (Å²) in [4.78, 5) is 4.51. The Labute approximate surface area is 144 Å². The predicted octanol–water partition coefficient (Wildman–Crippen LogP) is 3.98. The molecular weight excluding hydrogens is 337 g/mol. The van der Waals surface area contributed by atoms with Crippen molar-refractivity contribution in [3.63, 3.8) is 0 Å². The molecule has 0 radical (unpaired) electrons. The first-order chi connectivity index (χ1) is 10.8. The first-order valence-electron chi connectivity index (χ1n) is 6.69. The molecule has 2 aromatic carbocycles. The van der Waals surface area contributed by atoms with E-state index in [0.717, 1.165) is 17.0 Å². The number of para-hydroxylation sites is 2. The average Bonchev–Trinajstić information content (AvgIpc) is 2.57. The highest BCUT2D eigenvalue weighted by Gasteiger charge is 2.13. The van der Waals surface area contributed by atoms with E-state index < -0.39 is 0 Å². The van der Waals surface area contributed by atoms with Crippen LogP contribution in [0.15, 0.2) is 58.6 Å². The van der Waals surface area contributed by atoms with Crippen molar-refractivity contribution in [1.82, 2.24) is 5.43 Å². The number of aliphatic imine (C=N–C) groups is 1. The van der Waals surface area contributed by atoms with Crippen LogP contribution in [0.4, 0.5) is 10.1 Å². The van der Waals surface area contributed by atoms with E-state index in [9.17, 15) is 4.39 Å². The van der Waals surface area contributed by atoms with Gasteiger partial charge in [0.25, 0.3) is 0 Å². The summed E-state index contributed by atoms with van der Waals surface area (Å²) in [6.45, 7) is 0. The molecule has 0 saturated heterocycles. The largest absolute Gasteiger partial charge is 0.494 e. The van der Waals surface area contributed by atoms with Crippen LogP contribution < -0.4 is 10.2 Å². The normalized spacial score (nSPS) is 15.4. The number of methoxy groups -OCH3 is 1. The minimum Gasteiger partial charge on any atom is -0.494 e. The quantitative estimate of drug-likeness (QED) is 0.909. The second-order valence-corrected chi connectivity index (χ2v) is 5.52. The number of hydrazone groups is 1. The maximum Gasteiger partial charge on any atom is 0.182 e. The highest BCUT2D eigenvalue weighted by molar-refractivity contribution is 8.14. The van der Waals surface area contributed by atoms with E-state index in [0.29, 0.717) is 16.7 Å². The van der Waals surface area contributed by atoms with Crippen molar-refractivity contribution in [1.29, 1.82) is 0 Å². The first kappa shape index (κ1) is 17.3. The summed E-state index contributed by atoms with van der Waals surface area (Å²) in [5.41, 5.74) is 5.45. The van der Waals surface area contributed by atoms with Gasteiger partial charge < -0.3 is 4.74 Å². The molecule has 0 amide bonds. The molecule has 0 spiro atoms. The Morgan fingerprint density at radius 2 is 1.91 bits per heavy atom. The lowest BCUT2D eigenvalue weighted by atomic mass is 10.1. The van der Waals surface area contributed by atoms with Gasteiger partial charge in [-0.05, 0) is 29.8 Å². The lowest BCUT2D eigenvalue weighted by Gasteiger charge is -2.15. The number of rotatable bonds is 3. The van der Waals surface area contributed by atoms with Crippen LogP contribution in [0.25, 0.3) is 0 Å². The monoisotopic (exact) mass is 351 g/mol. The maximum atomic E-state index is 12.9. The lowest BCUT2D eigenvalue weighted by molar-refractivity contribution is 0.416. The van der Waals surface area contributed by atoms with Crippen molar-refractivity contribution < 1.29 is 9.13 Å². The van der Waals surface area contributed by atoms with E-state index in [1.165, 1.54) is 12.1 Å². The second kappa shape index (κ2) is 7.99. The Bertz CT molecular complexity index is 734. The van der Waals surface area contributed by atoms with Gasteiger partial charge in [-0.25, -0.2) is 9.38 Å². The van der Waals surface area contributed by atoms with E-state index in [1.54, 1.807) is 31.0 Å². The van der Waals surface area contributed by atoms with Crippen molar-refractivity contribution in [2.45, 2.75) is 0 Å². The number of hydrogen-bond donors (Lipinski definition) is 1. The smallest absolute Gasteiger partial charge is 0.182 e. The summed E-state index contributed by atoms with van der Waals surface area (Å²) in [6.07, 6.45) is 0. The van der Waals surface area contributed by atoms with E-state index >= 15 is 0 Å². The van der Waals surface area contributed by atoms with Gasteiger partial charge in [0.05, 0.1) is 12.8 Å². The van der Waals surface area contributed by atoms with E-state index in [1.807, 2.05) is 24.3 Å². The maximum absolute atomic E-state index is 12.9. The van der Waals surface area contributed by atoms with E-state index in [2.05, 4.69) is 15.5 Å². The Kier molecular flexibility index (Phi) is 6.01. The fourth-order valence-electron chi connectivity index (χ4n) is 2.00. The molecule has 1 aliphatic heterocycles. The number of hydrogen-bond acceptors (Lipinski definition) is 4. The molecule has 0 saturated carbocycles. The molecule has 0 atom stereocenters. The molecule has 1 aliphatic rings. The van der Waals surface area contributed by atoms with E-state index in [-0.39, 0.29) is 18.2 Å². The van der Waals surface area contributed by atoms with Crippen LogP contribution in [-0.4, -0.2) is 23.7 Å². The predicted molar refractivity (Wildman–Crippen MR) is 95.9 cm³/mol. The van der Waals surface area contributed by atoms with Crippen LogP contribution in [0.3, 0.4) is 0 Å². The lowest BCUT2D eigenvalue weighted by Crippen LogP contribution is -2.25. The molecule has 120 valence electrons. The van der Waals surface area contributed by atoms with Crippen LogP contribution in [0.5, 0.6) is 5.75 Å². The van der Waals surface area contributed by atoms with Crippen molar-refractivity contribution in [2.24, 2.45) is 10.1 Å². The molecule has 1 heterocycles. The summed E-state index contributed by atoms with van der Waals surface area (Å²) in [5.74, 6) is 1.14. The van der Waals surface area contributed by atoms with Crippen LogP contribution in [-0.2, 0) is 0 Å². The molecule has 0 bridgehead atoms. The van der Waals surface area contributed by atoms with Gasteiger partial charge in [0, 0.05) is 5.75 Å². The number of benzene rings is 2. The molecule has 4 nitrogen and oxygen atoms in total. The van der Waals surface area contributed by atoms with Crippen molar-refractivity contribution in [3.05, 3.63) is 59.9 Å². The Hall–Kier alpha value is -2.05. The molecule has 7 heteroatoms. The van der Waals surface area contributed by atoms with Gasteiger partial charge in [0.2, 0.25) is 0 Å². The van der Waals surface area contributed by atoms with E-state index in [4.69, 9.17) is 4.74 Å². The van der Waals surface area contributed by atoms with Crippen molar-refractivity contribution in [2.75, 3.05) is 12.9 Å². The zero-order valence-electron chi connectivity index (χ0n) is 12.3. The fourth-order valence-corrected chi connectivity index (χ4v) is 2.77. The summed E-state index contributed by atoms with van der Waals surface area (Å²) >= 11 is 1.54. The molecule has 1 N–H and O–H groups in total. The summed E-state index contributed by atoms with van der Waals surface area (Å²) < 4.78 is 18.2. The van der Waals surface area contributed by atoms with Gasteiger partial charge in [-0.3, -0.25) is 5.43 Å². The summed E-state index contributed by atoms with van der Waals surface area (Å²) in [7, 11) is 1.62. The van der Waals surface area contributed by atoms with Crippen LogP contribution in [0.2, 0.25) is 0 Å². The third-order valence-electron chi connectivity index (χ3n) is 3.12. The highest BCUT2D eigenvalue weighted by atomic mass is 35.5. The number of halogens is 2. The molecule has 0 fully saturated rings. The van der Waals surface area contributed by atoms with Crippen LogP contribution >= 0.6 is 24.2 Å². The molecule has 0 aliphatic carbocycles. The SMILES string of the molecule is COc1ccccc1N=C1NN=C(c2ccc(F)cc2)CS1.Cl. The number of thioether (sulfide) groups is 1. The molecule has 3 rings (SSSR count). The molecule has 23 heavy (non-hydrogen) atoms. The van der Waals surface area contributed by atoms with Gasteiger partial charge in [-0.15, -0.1) is 12.4 Å². The number of nitrogens with one attached hydrogen (secondary N) is 1. The molecular formula is C16H15ClFN3OS. The Morgan fingerprint density at radius 1 is 1.17 bits per heavy atom. The molecule has 0 unspecified atom stereocenters. The third-order valence-corrected chi connectivity index (χ3v) is 3.99. The van der Waals surface area contributed by atoms with Crippen molar-refractivity contribution in [3.8, 4) is 5.75 Å². The second-order valence-electron chi connectivity index (χ2n) is 4.55. The standard InChI is InChI=1S/C16H14FN3OS.ClH/c1-21-15-5-3-2-4-13(15)18-16-20-19-14(10-22-16)11-6-8-12(17)9-7-11;/h2-9H,10H2,1H3,(H,18,20);1H. The minimum atomic E-state index is -0.251. The van der Waals surface area contributed by atoms with Gasteiger partial charge in [-0.2, -0.15) is 5.10 Å². The number of ether oxygens (including phenoxy) is 1. The van der Waals surface area contributed by atoms with Crippen LogP contribution in [0, 0.1) is 5.82 Å². The van der Waals surface area contributed by atoms with Gasteiger partial charge >= 0.3 is 0 Å². The number of nitrogens with zero attached hydrogens (tertiary/aromatic N) is 2. The molecule has 2 aromatic rings. The fraction of sp³-hybridized carbons (Fsp3) is 0.125. The third kappa shape index (κ3) is 4.24. The molecule has 0 aromatic heterocycles. The van der Waals surface area contributed by atoms with Crippen molar-refractivity contribution >= 4 is 40.7 Å².